The Bertz CT molecular complexity index is 211. The van der Waals surface area contributed by atoms with Crippen molar-refractivity contribution in [2.45, 2.75) is 6.23 Å². The number of amides is 1. The summed E-state index contributed by atoms with van der Waals surface area (Å²) in [7, 11) is 0. The Kier molecular flexibility index (Phi) is 4.21. The standard InChI is InChI=1S/C7H9NO4/c1-3-5(8-7(10)11)12-6(9)4-2/h3-5,8H,1-2H2,(H,10,11). The van der Waals surface area contributed by atoms with Crippen LogP contribution in [-0.2, 0) is 9.53 Å². The number of nitrogens with one attached hydrogen (secondary N) is 1. The van der Waals surface area contributed by atoms with Crippen molar-refractivity contribution in [3.8, 4) is 0 Å². The number of carbonyl (C=O) groups is 2. The second-order valence-electron chi connectivity index (χ2n) is 1.75. The van der Waals surface area contributed by atoms with Crippen LogP contribution >= 0.6 is 0 Å². The summed E-state index contributed by atoms with van der Waals surface area (Å²) in [4.78, 5) is 20.6. The third-order valence-electron chi connectivity index (χ3n) is 0.890. The van der Waals surface area contributed by atoms with Crippen LogP contribution in [0.2, 0.25) is 0 Å². The molecule has 0 aromatic carbocycles. The van der Waals surface area contributed by atoms with Crippen molar-refractivity contribution in [2.24, 2.45) is 0 Å². The lowest BCUT2D eigenvalue weighted by Gasteiger charge is -2.11. The van der Waals surface area contributed by atoms with Gasteiger partial charge in [-0.25, -0.2) is 9.59 Å². The van der Waals surface area contributed by atoms with E-state index in [4.69, 9.17) is 5.11 Å². The summed E-state index contributed by atoms with van der Waals surface area (Å²) in [6.07, 6.45) is -0.250. The van der Waals surface area contributed by atoms with Gasteiger partial charge in [-0.05, 0) is 6.08 Å². The summed E-state index contributed by atoms with van der Waals surface area (Å²) in [6, 6.07) is 0. The van der Waals surface area contributed by atoms with Gasteiger partial charge >= 0.3 is 12.1 Å². The lowest BCUT2D eigenvalue weighted by atomic mass is 10.5. The first kappa shape index (κ1) is 10.2. The van der Waals surface area contributed by atoms with Gasteiger partial charge in [-0.1, -0.05) is 13.2 Å². The molecule has 0 bridgehead atoms. The van der Waals surface area contributed by atoms with E-state index >= 15 is 0 Å². The molecule has 0 aromatic heterocycles. The van der Waals surface area contributed by atoms with E-state index in [0.717, 1.165) is 12.2 Å². The Morgan fingerprint density at radius 2 is 2.08 bits per heavy atom. The van der Waals surface area contributed by atoms with E-state index in [-0.39, 0.29) is 0 Å². The molecule has 1 amide bonds. The van der Waals surface area contributed by atoms with Crippen molar-refractivity contribution >= 4 is 12.1 Å². The van der Waals surface area contributed by atoms with E-state index < -0.39 is 18.3 Å². The van der Waals surface area contributed by atoms with Gasteiger partial charge in [-0.15, -0.1) is 0 Å². The SMILES string of the molecule is C=CC(=O)OC(C=C)NC(=O)O. The molecule has 5 nitrogen and oxygen atoms in total. The van der Waals surface area contributed by atoms with Crippen LogP contribution in [-0.4, -0.2) is 23.4 Å². The van der Waals surface area contributed by atoms with Crippen LogP contribution in [0.3, 0.4) is 0 Å². The van der Waals surface area contributed by atoms with Crippen LogP contribution in [0.25, 0.3) is 0 Å². The smallest absolute Gasteiger partial charge is 0.407 e. The van der Waals surface area contributed by atoms with Gasteiger partial charge in [0.2, 0.25) is 0 Å². The van der Waals surface area contributed by atoms with Gasteiger partial charge in [0.15, 0.2) is 6.23 Å². The zero-order chi connectivity index (χ0) is 9.56. The summed E-state index contributed by atoms with van der Waals surface area (Å²) in [6.45, 7) is 6.41. The van der Waals surface area contributed by atoms with Crippen LogP contribution < -0.4 is 5.32 Å². The first-order valence-corrected chi connectivity index (χ1v) is 3.05. The normalized spacial score (nSPS) is 11.0. The maximum atomic E-state index is 10.5. The van der Waals surface area contributed by atoms with Crippen LogP contribution in [0.4, 0.5) is 4.79 Å². The maximum absolute atomic E-state index is 10.5. The molecule has 12 heavy (non-hydrogen) atoms. The number of hydrogen-bond donors (Lipinski definition) is 2. The van der Waals surface area contributed by atoms with Crippen LogP contribution in [0.1, 0.15) is 0 Å². The molecule has 66 valence electrons. The Morgan fingerprint density at radius 3 is 2.42 bits per heavy atom. The molecule has 0 radical (unpaired) electrons. The zero-order valence-corrected chi connectivity index (χ0v) is 6.32. The van der Waals surface area contributed by atoms with E-state index in [1.165, 1.54) is 0 Å². The molecule has 0 saturated carbocycles. The molecule has 0 saturated heterocycles. The van der Waals surface area contributed by atoms with Crippen molar-refractivity contribution in [2.75, 3.05) is 0 Å². The second-order valence-corrected chi connectivity index (χ2v) is 1.75. The van der Waals surface area contributed by atoms with E-state index in [1.54, 1.807) is 0 Å². The molecule has 0 heterocycles. The highest BCUT2D eigenvalue weighted by Gasteiger charge is 2.09. The predicted molar refractivity (Wildman–Crippen MR) is 41.4 cm³/mol. The first-order chi connectivity index (χ1) is 5.60. The third-order valence-corrected chi connectivity index (χ3v) is 0.890. The van der Waals surface area contributed by atoms with Gasteiger partial charge in [-0.3, -0.25) is 5.32 Å². The largest absolute Gasteiger partial charge is 0.465 e. The van der Waals surface area contributed by atoms with Crippen LogP contribution in [0, 0.1) is 0 Å². The minimum Gasteiger partial charge on any atom is -0.465 e. The minimum absolute atomic E-state index is 0.714. The van der Waals surface area contributed by atoms with Gasteiger partial charge in [0.05, 0.1) is 0 Å². The average molecular weight is 171 g/mol. The summed E-state index contributed by atoms with van der Waals surface area (Å²) in [5, 5.41) is 10.1. The molecule has 0 aromatic rings. The third kappa shape index (κ3) is 4.10. The number of carbonyl (C=O) groups excluding carboxylic acids is 1. The van der Waals surface area contributed by atoms with Crippen molar-refractivity contribution in [3.05, 3.63) is 25.3 Å². The van der Waals surface area contributed by atoms with Gasteiger partial charge in [0, 0.05) is 6.08 Å². The molecule has 0 aliphatic rings. The lowest BCUT2D eigenvalue weighted by molar-refractivity contribution is -0.141. The molecule has 0 spiro atoms. The number of hydrogen-bond acceptors (Lipinski definition) is 3. The van der Waals surface area contributed by atoms with Crippen molar-refractivity contribution < 1.29 is 19.4 Å². The fraction of sp³-hybridized carbons (Fsp3) is 0.143. The summed E-state index contributed by atoms with van der Waals surface area (Å²) in [5.41, 5.74) is 0. The molecular formula is C7H9NO4. The van der Waals surface area contributed by atoms with E-state index in [2.05, 4.69) is 17.9 Å². The van der Waals surface area contributed by atoms with Crippen molar-refractivity contribution in [3.63, 3.8) is 0 Å². The quantitative estimate of drug-likeness (QED) is 0.279. The van der Waals surface area contributed by atoms with Crippen molar-refractivity contribution in [1.82, 2.24) is 5.32 Å². The summed E-state index contributed by atoms with van der Waals surface area (Å²) in [5.74, 6) is -0.714. The molecule has 2 N–H and O–H groups in total. The fourth-order valence-corrected chi connectivity index (χ4v) is 0.431. The molecule has 0 rings (SSSR count). The molecule has 0 fully saturated rings. The summed E-state index contributed by atoms with van der Waals surface area (Å²) < 4.78 is 4.49. The van der Waals surface area contributed by atoms with Crippen LogP contribution in [0.5, 0.6) is 0 Å². The van der Waals surface area contributed by atoms with Gasteiger partial charge in [0.1, 0.15) is 0 Å². The highest BCUT2D eigenvalue weighted by molar-refractivity contribution is 5.81. The topological polar surface area (TPSA) is 75.6 Å². The highest BCUT2D eigenvalue weighted by atomic mass is 16.6. The summed E-state index contributed by atoms with van der Waals surface area (Å²) >= 11 is 0. The lowest BCUT2D eigenvalue weighted by Crippen LogP contribution is -2.35. The monoisotopic (exact) mass is 171 g/mol. The fourth-order valence-electron chi connectivity index (χ4n) is 0.431. The second kappa shape index (κ2) is 4.95. The maximum Gasteiger partial charge on any atom is 0.407 e. The zero-order valence-electron chi connectivity index (χ0n) is 6.32. The number of carboxylic acid groups (broad SMARTS) is 1. The van der Waals surface area contributed by atoms with Gasteiger partial charge in [-0.2, -0.15) is 0 Å². The highest BCUT2D eigenvalue weighted by Crippen LogP contribution is 1.90. The number of esters is 1. The number of ether oxygens (including phenoxy) is 1. The van der Waals surface area contributed by atoms with E-state index in [0.29, 0.717) is 0 Å². The van der Waals surface area contributed by atoms with Crippen LogP contribution in [0.15, 0.2) is 25.3 Å². The molecule has 5 heteroatoms. The van der Waals surface area contributed by atoms with Gasteiger partial charge < -0.3 is 9.84 Å². The van der Waals surface area contributed by atoms with E-state index in [1.807, 2.05) is 5.32 Å². The average Bonchev–Trinajstić information content (AvgIpc) is 2.02. The molecular weight excluding hydrogens is 162 g/mol. The molecule has 1 unspecified atom stereocenters. The predicted octanol–water partition coefficient (Wildman–Crippen LogP) is 0.495. The number of rotatable bonds is 4. The molecule has 0 aliphatic heterocycles. The van der Waals surface area contributed by atoms with Gasteiger partial charge in [0.25, 0.3) is 0 Å². The Labute approximate surface area is 69.3 Å². The minimum atomic E-state index is -1.29. The Morgan fingerprint density at radius 1 is 1.50 bits per heavy atom. The molecule has 1 atom stereocenters. The molecule has 0 aliphatic carbocycles. The Hall–Kier alpha value is -1.78. The van der Waals surface area contributed by atoms with Crippen molar-refractivity contribution in [1.29, 1.82) is 0 Å². The first-order valence-electron chi connectivity index (χ1n) is 3.05. The Balaban J connectivity index is 3.99. The van der Waals surface area contributed by atoms with E-state index in [9.17, 15) is 9.59 Å².